The van der Waals surface area contributed by atoms with Gasteiger partial charge in [-0.1, -0.05) is 19.1 Å². The van der Waals surface area contributed by atoms with Crippen molar-refractivity contribution in [3.05, 3.63) is 54.0 Å². The normalized spacial score (nSPS) is 11.5. The second kappa shape index (κ2) is 8.77. The number of hydrogen-bond acceptors (Lipinski definition) is 5. The first-order chi connectivity index (χ1) is 12.0. The van der Waals surface area contributed by atoms with Gasteiger partial charge in [0.1, 0.15) is 17.2 Å². The van der Waals surface area contributed by atoms with Crippen molar-refractivity contribution < 1.29 is 18.7 Å². The van der Waals surface area contributed by atoms with Crippen LogP contribution in [0.2, 0.25) is 0 Å². The van der Waals surface area contributed by atoms with Gasteiger partial charge in [0.2, 0.25) is 0 Å². The topological polar surface area (TPSA) is 80.3 Å². The van der Waals surface area contributed by atoms with Gasteiger partial charge in [0, 0.05) is 12.2 Å². The lowest BCUT2D eigenvalue weighted by molar-refractivity contribution is -0.124. The third-order valence-corrected chi connectivity index (χ3v) is 3.51. The molecule has 0 spiro atoms. The summed E-state index contributed by atoms with van der Waals surface area (Å²) in [6, 6.07) is 9.09. The van der Waals surface area contributed by atoms with E-state index >= 15 is 0 Å². The zero-order chi connectivity index (χ0) is 18.2. The highest BCUT2D eigenvalue weighted by Crippen LogP contribution is 2.21. The number of anilines is 2. The Kier molecular flexibility index (Phi) is 6.45. The van der Waals surface area contributed by atoms with Gasteiger partial charge in [-0.05, 0) is 37.6 Å². The van der Waals surface area contributed by atoms with Crippen molar-refractivity contribution in [1.29, 1.82) is 0 Å². The first-order valence-electron chi connectivity index (χ1n) is 7.94. The summed E-state index contributed by atoms with van der Waals surface area (Å²) in [6.07, 6.45) is 2.24. The molecule has 0 saturated carbocycles. The van der Waals surface area contributed by atoms with Gasteiger partial charge in [0.15, 0.2) is 6.61 Å². The largest absolute Gasteiger partial charge is 0.452 e. The Balaban J connectivity index is 2.05. The summed E-state index contributed by atoms with van der Waals surface area (Å²) < 4.78 is 18.8. The number of ether oxygens (including phenoxy) is 1. The summed E-state index contributed by atoms with van der Waals surface area (Å²) in [7, 11) is 0. The van der Waals surface area contributed by atoms with Crippen molar-refractivity contribution in [2.75, 3.05) is 11.9 Å². The van der Waals surface area contributed by atoms with E-state index in [0.29, 0.717) is 0 Å². The smallest absolute Gasteiger partial charge is 0.342 e. The minimum absolute atomic E-state index is 0.00266. The first-order valence-corrected chi connectivity index (χ1v) is 7.94. The van der Waals surface area contributed by atoms with Crippen LogP contribution in [-0.4, -0.2) is 29.5 Å². The van der Waals surface area contributed by atoms with Gasteiger partial charge in [-0.25, -0.2) is 14.2 Å². The summed E-state index contributed by atoms with van der Waals surface area (Å²) >= 11 is 0. The number of benzene rings is 1. The SMILES string of the molecule is CC[C@@H](C)NC(=O)COC(=O)c1cccnc1Nc1ccccc1F. The Hall–Kier alpha value is -2.96. The molecule has 1 heterocycles. The molecule has 2 rings (SSSR count). The van der Waals surface area contributed by atoms with Gasteiger partial charge in [0.05, 0.1) is 5.69 Å². The number of halogens is 1. The maximum atomic E-state index is 13.8. The van der Waals surface area contributed by atoms with Gasteiger partial charge >= 0.3 is 5.97 Å². The summed E-state index contributed by atoms with van der Waals surface area (Å²) in [6.45, 7) is 3.40. The number of rotatable bonds is 7. The monoisotopic (exact) mass is 345 g/mol. The molecule has 0 aliphatic heterocycles. The molecule has 2 N–H and O–H groups in total. The quantitative estimate of drug-likeness (QED) is 0.754. The van der Waals surface area contributed by atoms with Crippen molar-refractivity contribution in [1.82, 2.24) is 10.3 Å². The molecule has 0 bridgehead atoms. The van der Waals surface area contributed by atoms with E-state index in [1.54, 1.807) is 18.2 Å². The molecule has 25 heavy (non-hydrogen) atoms. The van der Waals surface area contributed by atoms with E-state index in [-0.39, 0.29) is 29.0 Å². The number of aromatic nitrogens is 1. The fourth-order valence-electron chi connectivity index (χ4n) is 1.99. The van der Waals surface area contributed by atoms with Crippen LogP contribution in [0.5, 0.6) is 0 Å². The minimum Gasteiger partial charge on any atom is -0.452 e. The molecule has 132 valence electrons. The average Bonchev–Trinajstić information content (AvgIpc) is 2.62. The Labute approximate surface area is 145 Å². The number of nitrogens with one attached hydrogen (secondary N) is 2. The number of pyridine rings is 1. The Morgan fingerprint density at radius 2 is 2.00 bits per heavy atom. The molecule has 1 aromatic carbocycles. The second-order valence-corrected chi connectivity index (χ2v) is 5.46. The number of carbonyl (C=O) groups excluding carboxylic acids is 2. The summed E-state index contributed by atoms with van der Waals surface area (Å²) in [5, 5.41) is 5.46. The highest BCUT2D eigenvalue weighted by molar-refractivity contribution is 5.96. The molecule has 1 amide bonds. The molecule has 0 aliphatic rings. The maximum Gasteiger partial charge on any atom is 0.342 e. The standard InChI is InChI=1S/C18H20FN3O3/c1-3-12(2)21-16(23)11-25-18(24)13-7-6-10-20-17(13)22-15-9-5-4-8-14(15)19/h4-10,12H,3,11H2,1-2H3,(H,20,22)(H,21,23)/t12-/m1/s1. The Bertz CT molecular complexity index is 752. The molecule has 0 fully saturated rings. The van der Waals surface area contributed by atoms with Crippen LogP contribution in [0.3, 0.4) is 0 Å². The van der Waals surface area contributed by atoms with Gasteiger partial charge in [-0.3, -0.25) is 4.79 Å². The number of amides is 1. The van der Waals surface area contributed by atoms with E-state index in [4.69, 9.17) is 4.74 Å². The predicted octanol–water partition coefficient (Wildman–Crippen LogP) is 3.04. The molecule has 0 saturated heterocycles. The van der Waals surface area contributed by atoms with Crippen molar-refractivity contribution in [2.24, 2.45) is 0 Å². The lowest BCUT2D eigenvalue weighted by atomic mass is 10.2. The number of hydrogen-bond donors (Lipinski definition) is 2. The zero-order valence-corrected chi connectivity index (χ0v) is 14.1. The maximum absolute atomic E-state index is 13.8. The van der Waals surface area contributed by atoms with Crippen LogP contribution in [-0.2, 0) is 9.53 Å². The van der Waals surface area contributed by atoms with Gasteiger partial charge in [0.25, 0.3) is 5.91 Å². The molecule has 0 radical (unpaired) electrons. The number of carbonyl (C=O) groups is 2. The number of nitrogens with zero attached hydrogens (tertiary/aromatic N) is 1. The first kappa shape index (κ1) is 18.4. The van der Waals surface area contributed by atoms with Crippen LogP contribution in [0.1, 0.15) is 30.6 Å². The van der Waals surface area contributed by atoms with Crippen LogP contribution in [0.4, 0.5) is 15.9 Å². The molecule has 2 aromatic rings. The highest BCUT2D eigenvalue weighted by atomic mass is 19.1. The summed E-state index contributed by atoms with van der Waals surface area (Å²) in [4.78, 5) is 28.0. The summed E-state index contributed by atoms with van der Waals surface area (Å²) in [5.74, 6) is -1.42. The molecule has 1 aromatic heterocycles. The second-order valence-electron chi connectivity index (χ2n) is 5.46. The Morgan fingerprint density at radius 3 is 2.72 bits per heavy atom. The number of esters is 1. The van der Waals surface area contributed by atoms with Gasteiger partial charge in [-0.15, -0.1) is 0 Å². The molecule has 0 aliphatic carbocycles. The van der Waals surface area contributed by atoms with Crippen LogP contribution >= 0.6 is 0 Å². The van der Waals surface area contributed by atoms with Gasteiger partial charge in [-0.2, -0.15) is 0 Å². The highest BCUT2D eigenvalue weighted by Gasteiger charge is 2.16. The van der Waals surface area contributed by atoms with Crippen LogP contribution in [0.25, 0.3) is 0 Å². The van der Waals surface area contributed by atoms with E-state index in [1.165, 1.54) is 24.4 Å². The molecule has 7 heteroatoms. The molecular formula is C18H20FN3O3. The van der Waals surface area contributed by atoms with E-state index in [2.05, 4.69) is 15.6 Å². The van der Waals surface area contributed by atoms with Crippen LogP contribution < -0.4 is 10.6 Å². The zero-order valence-electron chi connectivity index (χ0n) is 14.1. The van der Waals surface area contributed by atoms with Crippen molar-refractivity contribution in [3.8, 4) is 0 Å². The lowest BCUT2D eigenvalue weighted by Crippen LogP contribution is -2.35. The molecular weight excluding hydrogens is 325 g/mol. The molecule has 0 unspecified atom stereocenters. The van der Waals surface area contributed by atoms with Crippen molar-refractivity contribution in [3.63, 3.8) is 0 Å². The fraction of sp³-hybridized carbons (Fsp3) is 0.278. The van der Waals surface area contributed by atoms with Gasteiger partial charge < -0.3 is 15.4 Å². The predicted molar refractivity (Wildman–Crippen MR) is 92.1 cm³/mol. The third kappa shape index (κ3) is 5.27. The van der Waals surface area contributed by atoms with Crippen LogP contribution in [0.15, 0.2) is 42.6 Å². The van der Waals surface area contributed by atoms with Crippen LogP contribution in [0, 0.1) is 5.82 Å². The van der Waals surface area contributed by atoms with E-state index in [0.717, 1.165) is 6.42 Å². The average molecular weight is 345 g/mol. The fourth-order valence-corrected chi connectivity index (χ4v) is 1.99. The Morgan fingerprint density at radius 1 is 1.24 bits per heavy atom. The third-order valence-electron chi connectivity index (χ3n) is 3.51. The molecule has 1 atom stereocenters. The van der Waals surface area contributed by atoms with E-state index in [9.17, 15) is 14.0 Å². The number of para-hydroxylation sites is 1. The van der Waals surface area contributed by atoms with E-state index in [1.807, 2.05) is 13.8 Å². The van der Waals surface area contributed by atoms with Crippen molar-refractivity contribution >= 4 is 23.4 Å². The van der Waals surface area contributed by atoms with Crippen molar-refractivity contribution in [2.45, 2.75) is 26.3 Å². The lowest BCUT2D eigenvalue weighted by Gasteiger charge is -2.13. The van der Waals surface area contributed by atoms with E-state index < -0.39 is 18.4 Å². The molecule has 6 nitrogen and oxygen atoms in total. The summed E-state index contributed by atoms with van der Waals surface area (Å²) in [5.41, 5.74) is 0.298. The minimum atomic E-state index is -0.716.